The number of hydrogen-bond donors (Lipinski definition) is 1. The number of imidazole rings is 1. The number of rotatable bonds is 2. The minimum atomic E-state index is -0.104. The summed E-state index contributed by atoms with van der Waals surface area (Å²) in [6, 6.07) is 13.3. The molecule has 0 saturated carbocycles. The van der Waals surface area contributed by atoms with Crippen LogP contribution in [0.1, 0.15) is 5.56 Å². The molecular formula is C13H11N3O. The third-order valence-corrected chi connectivity index (χ3v) is 2.70. The number of nitrogens with one attached hydrogen (secondary N) is 1. The molecule has 0 amide bonds. The Balaban J connectivity index is 2.06. The van der Waals surface area contributed by atoms with Gasteiger partial charge in [-0.25, -0.2) is 4.98 Å². The predicted octanol–water partition coefficient (Wildman–Crippen LogP) is 1.77. The van der Waals surface area contributed by atoms with Gasteiger partial charge in [0.25, 0.3) is 0 Å². The van der Waals surface area contributed by atoms with Gasteiger partial charge in [-0.2, -0.15) is 0 Å². The summed E-state index contributed by atoms with van der Waals surface area (Å²) in [5.74, 6) is 0. The number of pyridine rings is 1. The number of fused-ring (bicyclic) bond motifs is 1. The molecule has 84 valence electrons. The molecule has 0 bridgehead atoms. The Hall–Kier alpha value is -2.36. The Morgan fingerprint density at radius 2 is 1.94 bits per heavy atom. The topological polar surface area (TPSA) is 50.7 Å². The number of H-pyrrole nitrogens is 1. The maximum Gasteiger partial charge on any atom is 0.249 e. The highest BCUT2D eigenvalue weighted by Crippen LogP contribution is 2.10. The fourth-order valence-electron chi connectivity index (χ4n) is 1.87. The average molecular weight is 225 g/mol. The number of aromatic nitrogens is 3. The molecule has 1 aromatic carbocycles. The molecule has 0 spiro atoms. The lowest BCUT2D eigenvalue weighted by atomic mass is 10.2. The maximum atomic E-state index is 11.3. The highest BCUT2D eigenvalue weighted by Gasteiger charge is 2.03. The quantitative estimate of drug-likeness (QED) is 0.722. The Morgan fingerprint density at radius 1 is 1.12 bits per heavy atom. The molecule has 0 fully saturated rings. The van der Waals surface area contributed by atoms with Crippen LogP contribution in [0.3, 0.4) is 0 Å². The molecule has 0 unspecified atom stereocenters. The molecule has 0 saturated heterocycles. The smallest absolute Gasteiger partial charge is 0.249 e. The summed E-state index contributed by atoms with van der Waals surface area (Å²) in [5.41, 5.74) is 2.64. The van der Waals surface area contributed by atoms with Gasteiger partial charge in [0.2, 0.25) is 5.56 Å². The van der Waals surface area contributed by atoms with Crippen LogP contribution in [0.2, 0.25) is 0 Å². The largest absolute Gasteiger partial charge is 0.312 e. The summed E-state index contributed by atoms with van der Waals surface area (Å²) in [6.45, 7) is 0.706. The van der Waals surface area contributed by atoms with E-state index in [2.05, 4.69) is 9.97 Å². The molecule has 0 aliphatic rings. The molecule has 2 heterocycles. The predicted molar refractivity (Wildman–Crippen MR) is 65.9 cm³/mol. The van der Waals surface area contributed by atoms with Crippen LogP contribution in [0.4, 0.5) is 0 Å². The fraction of sp³-hybridized carbons (Fsp3) is 0.0769. The average Bonchev–Trinajstić information content (AvgIpc) is 2.73. The molecule has 0 aliphatic heterocycles. The van der Waals surface area contributed by atoms with Crippen LogP contribution < -0.4 is 5.56 Å². The molecule has 0 aliphatic carbocycles. The van der Waals surface area contributed by atoms with Crippen molar-refractivity contribution in [3.63, 3.8) is 0 Å². The Bertz CT molecular complexity index is 697. The monoisotopic (exact) mass is 225 g/mol. The van der Waals surface area contributed by atoms with Gasteiger partial charge in [0.1, 0.15) is 11.2 Å². The van der Waals surface area contributed by atoms with E-state index in [4.69, 9.17) is 0 Å². The second-order valence-electron chi connectivity index (χ2n) is 3.91. The van der Waals surface area contributed by atoms with E-state index < -0.39 is 0 Å². The molecule has 3 aromatic rings. The zero-order chi connectivity index (χ0) is 11.7. The lowest BCUT2D eigenvalue weighted by molar-refractivity contribution is 0.813. The molecule has 2 aromatic heterocycles. The van der Waals surface area contributed by atoms with E-state index in [1.165, 1.54) is 11.6 Å². The van der Waals surface area contributed by atoms with E-state index in [1.54, 1.807) is 12.4 Å². The van der Waals surface area contributed by atoms with Gasteiger partial charge in [-0.15, -0.1) is 0 Å². The van der Waals surface area contributed by atoms with Gasteiger partial charge in [-0.1, -0.05) is 30.3 Å². The Labute approximate surface area is 97.6 Å². The minimum absolute atomic E-state index is 0.104. The first-order chi connectivity index (χ1) is 8.33. The van der Waals surface area contributed by atoms with Crippen molar-refractivity contribution in [2.45, 2.75) is 6.54 Å². The van der Waals surface area contributed by atoms with E-state index in [-0.39, 0.29) is 5.56 Å². The van der Waals surface area contributed by atoms with Gasteiger partial charge in [-0.3, -0.25) is 4.79 Å². The van der Waals surface area contributed by atoms with Crippen LogP contribution >= 0.6 is 0 Å². The third-order valence-electron chi connectivity index (χ3n) is 2.70. The standard InChI is InChI=1S/C13H11N3O/c17-12-7-6-11-13(15-12)16(9-14-11)8-10-4-2-1-3-5-10/h1-7,9H,8H2,(H,15,17). The summed E-state index contributed by atoms with van der Waals surface area (Å²) >= 11 is 0. The second kappa shape index (κ2) is 3.90. The van der Waals surface area contributed by atoms with Crippen molar-refractivity contribution < 1.29 is 0 Å². The molecule has 17 heavy (non-hydrogen) atoms. The Kier molecular flexibility index (Phi) is 2.26. The normalized spacial score (nSPS) is 10.8. The molecule has 4 nitrogen and oxygen atoms in total. The van der Waals surface area contributed by atoms with Crippen LogP contribution in [0.15, 0.2) is 53.6 Å². The number of aromatic amines is 1. The molecule has 3 rings (SSSR count). The van der Waals surface area contributed by atoms with Crippen molar-refractivity contribution in [2.24, 2.45) is 0 Å². The molecule has 0 radical (unpaired) electrons. The lowest BCUT2D eigenvalue weighted by Gasteiger charge is -2.03. The van der Waals surface area contributed by atoms with E-state index in [0.717, 1.165) is 11.2 Å². The highest BCUT2D eigenvalue weighted by molar-refractivity contribution is 5.70. The Morgan fingerprint density at radius 3 is 2.76 bits per heavy atom. The SMILES string of the molecule is O=c1ccc2ncn(Cc3ccccc3)c2[nH]1. The van der Waals surface area contributed by atoms with Crippen molar-refractivity contribution in [1.29, 1.82) is 0 Å². The molecule has 0 atom stereocenters. The van der Waals surface area contributed by atoms with E-state index >= 15 is 0 Å². The molecule has 4 heteroatoms. The summed E-state index contributed by atoms with van der Waals surface area (Å²) in [4.78, 5) is 18.3. The van der Waals surface area contributed by atoms with Crippen molar-refractivity contribution in [1.82, 2.24) is 14.5 Å². The van der Waals surface area contributed by atoms with Crippen molar-refractivity contribution in [3.8, 4) is 0 Å². The molecule has 1 N–H and O–H groups in total. The van der Waals surface area contributed by atoms with Gasteiger partial charge in [0.15, 0.2) is 0 Å². The first-order valence-corrected chi connectivity index (χ1v) is 5.41. The molecular weight excluding hydrogens is 214 g/mol. The van der Waals surface area contributed by atoms with E-state index in [1.807, 2.05) is 34.9 Å². The van der Waals surface area contributed by atoms with Crippen molar-refractivity contribution >= 4 is 11.2 Å². The van der Waals surface area contributed by atoms with Gasteiger partial charge < -0.3 is 9.55 Å². The van der Waals surface area contributed by atoms with E-state index in [9.17, 15) is 4.79 Å². The fourth-order valence-corrected chi connectivity index (χ4v) is 1.87. The summed E-state index contributed by atoms with van der Waals surface area (Å²) in [5, 5.41) is 0. The van der Waals surface area contributed by atoms with Crippen LogP contribution in [0, 0.1) is 0 Å². The number of hydrogen-bond acceptors (Lipinski definition) is 2. The zero-order valence-corrected chi connectivity index (χ0v) is 9.13. The first-order valence-electron chi connectivity index (χ1n) is 5.41. The number of nitrogens with zero attached hydrogens (tertiary/aromatic N) is 2. The first kappa shape index (κ1) is 9.84. The lowest BCUT2D eigenvalue weighted by Crippen LogP contribution is -2.06. The third kappa shape index (κ3) is 1.85. The summed E-state index contributed by atoms with van der Waals surface area (Å²) in [6.07, 6.45) is 1.74. The zero-order valence-electron chi connectivity index (χ0n) is 9.13. The minimum Gasteiger partial charge on any atom is -0.312 e. The summed E-state index contributed by atoms with van der Waals surface area (Å²) in [7, 11) is 0. The van der Waals surface area contributed by atoms with Crippen molar-refractivity contribution in [2.75, 3.05) is 0 Å². The number of benzene rings is 1. The van der Waals surface area contributed by atoms with E-state index in [0.29, 0.717) is 6.54 Å². The van der Waals surface area contributed by atoms with Crippen LogP contribution in [0.25, 0.3) is 11.2 Å². The van der Waals surface area contributed by atoms with Gasteiger partial charge >= 0.3 is 0 Å². The highest BCUT2D eigenvalue weighted by atomic mass is 16.1. The van der Waals surface area contributed by atoms with Crippen LogP contribution in [-0.4, -0.2) is 14.5 Å². The van der Waals surface area contributed by atoms with Crippen LogP contribution in [0.5, 0.6) is 0 Å². The summed E-state index contributed by atoms with van der Waals surface area (Å²) < 4.78 is 1.94. The van der Waals surface area contributed by atoms with Gasteiger partial charge in [-0.05, 0) is 11.6 Å². The van der Waals surface area contributed by atoms with Crippen LogP contribution in [-0.2, 0) is 6.54 Å². The maximum absolute atomic E-state index is 11.3. The second-order valence-corrected chi connectivity index (χ2v) is 3.91. The van der Waals surface area contributed by atoms with Gasteiger partial charge in [0.05, 0.1) is 12.9 Å². The van der Waals surface area contributed by atoms with Gasteiger partial charge in [0, 0.05) is 6.07 Å². The van der Waals surface area contributed by atoms with Crippen molar-refractivity contribution in [3.05, 3.63) is 64.7 Å².